The van der Waals surface area contributed by atoms with Crippen LogP contribution in [0.5, 0.6) is 0 Å². The molecule has 1 aromatic rings. The minimum absolute atomic E-state index is 0.166. The first-order chi connectivity index (χ1) is 7.84. The standard InChI is InChI=1S/C14H21BrFN/c1-14(2,3)11(9-17-4)7-10-8-12(16)5-6-13(10)15/h5-6,8,11,17H,7,9H2,1-4H3. The molecule has 96 valence electrons. The number of halogens is 2. The topological polar surface area (TPSA) is 12.0 Å². The molecule has 1 aromatic carbocycles. The average molecular weight is 302 g/mol. The lowest BCUT2D eigenvalue weighted by atomic mass is 9.77. The second-order valence-electron chi connectivity index (χ2n) is 5.56. The Morgan fingerprint density at radius 1 is 1.35 bits per heavy atom. The summed E-state index contributed by atoms with van der Waals surface area (Å²) in [5.74, 6) is 0.311. The summed E-state index contributed by atoms with van der Waals surface area (Å²) in [6, 6.07) is 4.89. The Balaban J connectivity index is 2.89. The lowest BCUT2D eigenvalue weighted by Crippen LogP contribution is -2.31. The van der Waals surface area contributed by atoms with Crippen LogP contribution in [0.15, 0.2) is 22.7 Å². The van der Waals surface area contributed by atoms with Crippen molar-refractivity contribution in [1.29, 1.82) is 0 Å². The summed E-state index contributed by atoms with van der Waals surface area (Å²) < 4.78 is 14.2. The zero-order valence-electron chi connectivity index (χ0n) is 11.0. The predicted octanol–water partition coefficient (Wildman–Crippen LogP) is 4.01. The van der Waals surface area contributed by atoms with Crippen LogP contribution in [-0.4, -0.2) is 13.6 Å². The van der Waals surface area contributed by atoms with Crippen molar-refractivity contribution < 1.29 is 4.39 Å². The van der Waals surface area contributed by atoms with E-state index in [0.717, 1.165) is 23.0 Å². The number of hydrogen-bond donors (Lipinski definition) is 1. The van der Waals surface area contributed by atoms with E-state index >= 15 is 0 Å². The molecule has 0 bridgehead atoms. The van der Waals surface area contributed by atoms with Gasteiger partial charge in [0.25, 0.3) is 0 Å². The van der Waals surface area contributed by atoms with Crippen molar-refractivity contribution >= 4 is 15.9 Å². The summed E-state index contributed by atoms with van der Waals surface area (Å²) >= 11 is 3.49. The zero-order valence-corrected chi connectivity index (χ0v) is 12.6. The van der Waals surface area contributed by atoms with Crippen molar-refractivity contribution in [2.24, 2.45) is 11.3 Å². The van der Waals surface area contributed by atoms with Gasteiger partial charge in [0.05, 0.1) is 0 Å². The van der Waals surface area contributed by atoms with E-state index in [2.05, 4.69) is 42.0 Å². The molecule has 17 heavy (non-hydrogen) atoms. The molecule has 0 aliphatic carbocycles. The molecule has 1 nitrogen and oxygen atoms in total. The molecule has 1 N–H and O–H groups in total. The highest BCUT2D eigenvalue weighted by atomic mass is 79.9. The first-order valence-corrected chi connectivity index (χ1v) is 6.72. The lowest BCUT2D eigenvalue weighted by Gasteiger charge is -2.31. The summed E-state index contributed by atoms with van der Waals surface area (Å²) in [7, 11) is 1.96. The molecule has 1 rings (SSSR count). The van der Waals surface area contributed by atoms with Crippen LogP contribution >= 0.6 is 15.9 Å². The lowest BCUT2D eigenvalue weighted by molar-refractivity contribution is 0.234. The van der Waals surface area contributed by atoms with E-state index in [1.165, 1.54) is 6.07 Å². The average Bonchev–Trinajstić information content (AvgIpc) is 2.21. The Morgan fingerprint density at radius 2 is 2.00 bits per heavy atom. The number of hydrogen-bond acceptors (Lipinski definition) is 1. The van der Waals surface area contributed by atoms with Gasteiger partial charge in [0, 0.05) is 4.47 Å². The van der Waals surface area contributed by atoms with E-state index < -0.39 is 0 Å². The molecule has 0 radical (unpaired) electrons. The molecule has 1 atom stereocenters. The quantitative estimate of drug-likeness (QED) is 0.886. The summed E-state index contributed by atoms with van der Waals surface area (Å²) in [6.07, 6.45) is 0.878. The van der Waals surface area contributed by atoms with Crippen LogP contribution in [0.1, 0.15) is 26.3 Å². The Bertz CT molecular complexity index is 371. The maximum absolute atomic E-state index is 13.2. The Morgan fingerprint density at radius 3 is 2.53 bits per heavy atom. The van der Waals surface area contributed by atoms with Gasteiger partial charge in [-0.2, -0.15) is 0 Å². The van der Waals surface area contributed by atoms with Crippen LogP contribution in [0.25, 0.3) is 0 Å². The Labute approximate surface area is 112 Å². The number of rotatable bonds is 4. The van der Waals surface area contributed by atoms with E-state index in [1.807, 2.05) is 7.05 Å². The molecule has 0 amide bonds. The molecule has 1 unspecified atom stereocenters. The van der Waals surface area contributed by atoms with Crippen LogP contribution in [0.4, 0.5) is 4.39 Å². The van der Waals surface area contributed by atoms with Gasteiger partial charge in [0.1, 0.15) is 5.82 Å². The van der Waals surface area contributed by atoms with E-state index in [9.17, 15) is 4.39 Å². The van der Waals surface area contributed by atoms with Gasteiger partial charge in [-0.05, 0) is 55.1 Å². The molecule has 0 aromatic heterocycles. The van der Waals surface area contributed by atoms with Gasteiger partial charge in [-0.1, -0.05) is 36.7 Å². The fourth-order valence-corrected chi connectivity index (χ4v) is 2.30. The first kappa shape index (κ1) is 14.7. The Kier molecular flexibility index (Phi) is 5.14. The molecular formula is C14H21BrFN. The van der Waals surface area contributed by atoms with Gasteiger partial charge >= 0.3 is 0 Å². The smallest absolute Gasteiger partial charge is 0.123 e. The van der Waals surface area contributed by atoms with Crippen LogP contribution in [0, 0.1) is 17.2 Å². The Hall–Kier alpha value is -0.410. The fraction of sp³-hybridized carbons (Fsp3) is 0.571. The van der Waals surface area contributed by atoms with Gasteiger partial charge in [0.15, 0.2) is 0 Å². The largest absolute Gasteiger partial charge is 0.319 e. The van der Waals surface area contributed by atoms with Crippen molar-refractivity contribution in [1.82, 2.24) is 5.32 Å². The van der Waals surface area contributed by atoms with Gasteiger partial charge in [0.2, 0.25) is 0 Å². The van der Waals surface area contributed by atoms with Gasteiger partial charge in [-0.3, -0.25) is 0 Å². The predicted molar refractivity (Wildman–Crippen MR) is 74.7 cm³/mol. The number of nitrogens with one attached hydrogen (secondary N) is 1. The third kappa shape index (κ3) is 4.40. The van der Waals surface area contributed by atoms with Gasteiger partial charge in [-0.25, -0.2) is 4.39 Å². The third-order valence-corrected chi connectivity index (χ3v) is 3.92. The second-order valence-corrected chi connectivity index (χ2v) is 6.41. The molecule has 0 aliphatic heterocycles. The van der Waals surface area contributed by atoms with Crippen LogP contribution < -0.4 is 5.32 Å². The van der Waals surface area contributed by atoms with Crippen molar-refractivity contribution in [3.8, 4) is 0 Å². The molecule has 0 fully saturated rings. The van der Waals surface area contributed by atoms with E-state index in [4.69, 9.17) is 0 Å². The molecule has 0 saturated heterocycles. The third-order valence-electron chi connectivity index (χ3n) is 3.15. The minimum atomic E-state index is -0.166. The highest BCUT2D eigenvalue weighted by molar-refractivity contribution is 9.10. The molecule has 0 heterocycles. The van der Waals surface area contributed by atoms with Crippen molar-refractivity contribution in [2.75, 3.05) is 13.6 Å². The van der Waals surface area contributed by atoms with E-state index in [-0.39, 0.29) is 11.2 Å². The molecular weight excluding hydrogens is 281 g/mol. The number of benzene rings is 1. The van der Waals surface area contributed by atoms with Crippen LogP contribution in [-0.2, 0) is 6.42 Å². The summed E-state index contributed by atoms with van der Waals surface area (Å²) in [4.78, 5) is 0. The van der Waals surface area contributed by atoms with Crippen molar-refractivity contribution in [3.05, 3.63) is 34.1 Å². The van der Waals surface area contributed by atoms with Crippen molar-refractivity contribution in [3.63, 3.8) is 0 Å². The normalized spacial score (nSPS) is 13.8. The van der Waals surface area contributed by atoms with Crippen LogP contribution in [0.3, 0.4) is 0 Å². The SMILES string of the molecule is CNCC(Cc1cc(F)ccc1Br)C(C)(C)C. The van der Waals surface area contributed by atoms with Crippen molar-refractivity contribution in [2.45, 2.75) is 27.2 Å². The second kappa shape index (κ2) is 5.96. The monoisotopic (exact) mass is 301 g/mol. The summed E-state index contributed by atoms with van der Waals surface area (Å²) in [5, 5.41) is 3.22. The molecule has 0 spiro atoms. The molecule has 0 aliphatic rings. The maximum atomic E-state index is 13.2. The maximum Gasteiger partial charge on any atom is 0.123 e. The fourth-order valence-electron chi connectivity index (χ4n) is 1.90. The van der Waals surface area contributed by atoms with E-state index in [1.54, 1.807) is 12.1 Å². The van der Waals surface area contributed by atoms with Gasteiger partial charge in [-0.15, -0.1) is 0 Å². The summed E-state index contributed by atoms with van der Waals surface area (Å²) in [6.45, 7) is 7.61. The first-order valence-electron chi connectivity index (χ1n) is 5.93. The molecule has 3 heteroatoms. The highest BCUT2D eigenvalue weighted by Gasteiger charge is 2.24. The van der Waals surface area contributed by atoms with Crippen LogP contribution in [0.2, 0.25) is 0 Å². The van der Waals surface area contributed by atoms with Gasteiger partial charge < -0.3 is 5.32 Å². The van der Waals surface area contributed by atoms with E-state index in [0.29, 0.717) is 5.92 Å². The minimum Gasteiger partial charge on any atom is -0.319 e. The summed E-state index contributed by atoms with van der Waals surface area (Å²) in [5.41, 5.74) is 1.24. The molecule has 0 saturated carbocycles. The zero-order chi connectivity index (χ0) is 13.1. The highest BCUT2D eigenvalue weighted by Crippen LogP contribution is 2.31.